The summed E-state index contributed by atoms with van der Waals surface area (Å²) in [6, 6.07) is 5.70. The minimum absolute atomic E-state index is 0.0191. The van der Waals surface area contributed by atoms with Crippen LogP contribution in [0, 0.1) is 6.92 Å². The van der Waals surface area contributed by atoms with Gasteiger partial charge in [-0.1, -0.05) is 38.4 Å². The molecule has 0 unspecified atom stereocenters. The average Bonchev–Trinajstić information content (AvgIpc) is 2.31. The van der Waals surface area contributed by atoms with Gasteiger partial charge in [-0.05, 0) is 30.0 Å². The fourth-order valence-electron chi connectivity index (χ4n) is 1.97. The first-order valence-corrected chi connectivity index (χ1v) is 6.53. The van der Waals surface area contributed by atoms with E-state index < -0.39 is 0 Å². The van der Waals surface area contributed by atoms with Gasteiger partial charge in [0.1, 0.15) is 5.69 Å². The van der Waals surface area contributed by atoms with Crippen LogP contribution in [0.15, 0.2) is 35.4 Å². The minimum atomic E-state index is -0.123. The fraction of sp³-hybridized carbons (Fsp3) is 0.333. The van der Waals surface area contributed by atoms with Gasteiger partial charge in [-0.3, -0.25) is 14.3 Å². The molecule has 0 saturated carbocycles. The van der Waals surface area contributed by atoms with Crippen LogP contribution in [0.5, 0.6) is 0 Å². The van der Waals surface area contributed by atoms with Crippen LogP contribution in [0.25, 0.3) is 5.69 Å². The average molecular weight is 277 g/mol. The molecule has 100 valence electrons. The molecule has 0 fully saturated rings. The summed E-state index contributed by atoms with van der Waals surface area (Å²) in [5.41, 5.74) is 2.15. The molecule has 0 bridgehead atoms. The number of aryl methyl sites for hydroxylation is 1. The molecule has 0 saturated heterocycles. The van der Waals surface area contributed by atoms with E-state index in [9.17, 15) is 4.79 Å². The molecule has 4 heteroatoms. The Bertz CT molecular complexity index is 669. The van der Waals surface area contributed by atoms with Crippen molar-refractivity contribution >= 4 is 11.6 Å². The Balaban J connectivity index is 2.57. The number of hydrogen-bond donors (Lipinski definition) is 0. The van der Waals surface area contributed by atoms with E-state index in [1.165, 1.54) is 0 Å². The highest BCUT2D eigenvalue weighted by molar-refractivity contribution is 6.31. The van der Waals surface area contributed by atoms with Gasteiger partial charge >= 0.3 is 0 Å². The highest BCUT2D eigenvalue weighted by Crippen LogP contribution is 2.30. The lowest BCUT2D eigenvalue weighted by molar-refractivity contribution is 0.590. The molecule has 1 aromatic heterocycles. The van der Waals surface area contributed by atoms with Gasteiger partial charge in [-0.25, -0.2) is 0 Å². The van der Waals surface area contributed by atoms with Crippen LogP contribution in [0.4, 0.5) is 0 Å². The maximum Gasteiger partial charge on any atom is 0.276 e. The Morgan fingerprint density at radius 1 is 1.26 bits per heavy atom. The largest absolute Gasteiger partial charge is 0.281 e. The molecule has 0 N–H and O–H groups in total. The number of aromatic nitrogens is 2. The number of rotatable bonds is 1. The van der Waals surface area contributed by atoms with E-state index in [1.54, 1.807) is 23.9 Å². The van der Waals surface area contributed by atoms with E-state index in [-0.39, 0.29) is 11.0 Å². The van der Waals surface area contributed by atoms with Crippen LogP contribution < -0.4 is 5.56 Å². The van der Waals surface area contributed by atoms with Crippen LogP contribution >= 0.6 is 11.6 Å². The van der Waals surface area contributed by atoms with Gasteiger partial charge in [-0.15, -0.1) is 0 Å². The standard InChI is InChI=1S/C15H17ClN2O/c1-10-14(19)18(8-7-17-10)11-5-6-12(13(16)9-11)15(2,3)4/h5-9H,1-4H3. The third-order valence-electron chi connectivity index (χ3n) is 3.05. The quantitative estimate of drug-likeness (QED) is 0.799. The number of hydrogen-bond acceptors (Lipinski definition) is 2. The van der Waals surface area contributed by atoms with E-state index in [0.29, 0.717) is 10.7 Å². The molecule has 19 heavy (non-hydrogen) atoms. The third-order valence-corrected chi connectivity index (χ3v) is 3.36. The molecule has 0 radical (unpaired) electrons. The van der Waals surface area contributed by atoms with Gasteiger partial charge in [0.15, 0.2) is 0 Å². The molecular formula is C15H17ClN2O. The summed E-state index contributed by atoms with van der Waals surface area (Å²) in [5, 5.41) is 0.673. The first-order valence-electron chi connectivity index (χ1n) is 6.15. The molecule has 1 aromatic carbocycles. The van der Waals surface area contributed by atoms with Crippen molar-refractivity contribution < 1.29 is 0 Å². The molecule has 1 heterocycles. The van der Waals surface area contributed by atoms with E-state index in [2.05, 4.69) is 25.8 Å². The van der Waals surface area contributed by atoms with Gasteiger partial charge in [0.2, 0.25) is 0 Å². The summed E-state index contributed by atoms with van der Waals surface area (Å²) < 4.78 is 1.56. The van der Waals surface area contributed by atoms with Crippen molar-refractivity contribution in [2.75, 3.05) is 0 Å². The van der Waals surface area contributed by atoms with Crippen molar-refractivity contribution in [3.63, 3.8) is 0 Å². The Hall–Kier alpha value is -1.61. The van der Waals surface area contributed by atoms with Crippen molar-refractivity contribution in [3.8, 4) is 5.69 Å². The van der Waals surface area contributed by atoms with Crippen molar-refractivity contribution in [2.24, 2.45) is 0 Å². The zero-order chi connectivity index (χ0) is 14.2. The van der Waals surface area contributed by atoms with E-state index in [4.69, 9.17) is 11.6 Å². The molecular weight excluding hydrogens is 260 g/mol. The predicted molar refractivity (Wildman–Crippen MR) is 78.3 cm³/mol. The Morgan fingerprint density at radius 3 is 2.53 bits per heavy atom. The van der Waals surface area contributed by atoms with Gasteiger partial charge < -0.3 is 0 Å². The lowest BCUT2D eigenvalue weighted by Crippen LogP contribution is -2.21. The second-order valence-corrected chi connectivity index (χ2v) is 6.01. The lowest BCUT2D eigenvalue weighted by atomic mass is 9.87. The van der Waals surface area contributed by atoms with Crippen LogP contribution in [0.3, 0.4) is 0 Å². The zero-order valence-electron chi connectivity index (χ0n) is 11.6. The van der Waals surface area contributed by atoms with Crippen molar-refractivity contribution in [1.82, 2.24) is 9.55 Å². The van der Waals surface area contributed by atoms with Crippen molar-refractivity contribution in [3.05, 3.63) is 57.2 Å². The van der Waals surface area contributed by atoms with Gasteiger partial charge in [0, 0.05) is 17.4 Å². The summed E-state index contributed by atoms with van der Waals surface area (Å²) in [6.45, 7) is 8.02. The first-order chi connectivity index (χ1) is 8.80. The molecule has 0 aliphatic heterocycles. The molecule has 0 spiro atoms. The second kappa shape index (κ2) is 4.82. The van der Waals surface area contributed by atoms with Crippen LogP contribution in [0.1, 0.15) is 32.0 Å². The lowest BCUT2D eigenvalue weighted by Gasteiger charge is -2.21. The summed E-state index contributed by atoms with van der Waals surface area (Å²) in [7, 11) is 0. The van der Waals surface area contributed by atoms with Crippen LogP contribution in [-0.4, -0.2) is 9.55 Å². The summed E-state index contributed by atoms with van der Waals surface area (Å²) in [5.74, 6) is 0. The maximum absolute atomic E-state index is 12.0. The van der Waals surface area contributed by atoms with Crippen molar-refractivity contribution in [1.29, 1.82) is 0 Å². The van der Waals surface area contributed by atoms with E-state index >= 15 is 0 Å². The molecule has 2 rings (SSSR count). The van der Waals surface area contributed by atoms with Crippen LogP contribution in [0.2, 0.25) is 5.02 Å². The molecule has 3 nitrogen and oxygen atoms in total. The van der Waals surface area contributed by atoms with Gasteiger partial charge in [0.25, 0.3) is 5.56 Å². The zero-order valence-corrected chi connectivity index (χ0v) is 12.3. The highest BCUT2D eigenvalue weighted by Gasteiger charge is 2.17. The van der Waals surface area contributed by atoms with E-state index in [1.807, 2.05) is 18.2 Å². The monoisotopic (exact) mass is 276 g/mol. The minimum Gasteiger partial charge on any atom is -0.281 e. The Labute approximate surface area is 117 Å². The molecule has 0 aliphatic carbocycles. The Morgan fingerprint density at radius 2 is 1.95 bits per heavy atom. The van der Waals surface area contributed by atoms with Crippen LogP contribution in [-0.2, 0) is 5.41 Å². The smallest absolute Gasteiger partial charge is 0.276 e. The normalized spacial score (nSPS) is 11.6. The Kier molecular flexibility index (Phi) is 3.50. The second-order valence-electron chi connectivity index (χ2n) is 5.60. The molecule has 0 atom stereocenters. The highest BCUT2D eigenvalue weighted by atomic mass is 35.5. The molecule has 0 amide bonds. The van der Waals surface area contributed by atoms with Gasteiger partial charge in [-0.2, -0.15) is 0 Å². The topological polar surface area (TPSA) is 34.9 Å². The van der Waals surface area contributed by atoms with Gasteiger partial charge in [0.05, 0.1) is 5.69 Å². The van der Waals surface area contributed by atoms with E-state index in [0.717, 1.165) is 11.3 Å². The number of nitrogens with zero attached hydrogens (tertiary/aromatic N) is 2. The summed E-state index contributed by atoms with van der Waals surface area (Å²) >= 11 is 6.33. The predicted octanol–water partition coefficient (Wildman–Crippen LogP) is 3.49. The molecule has 0 aliphatic rings. The summed E-state index contributed by atoms with van der Waals surface area (Å²) in [4.78, 5) is 16.0. The summed E-state index contributed by atoms with van der Waals surface area (Å²) in [6.07, 6.45) is 3.26. The number of benzene rings is 1. The first kappa shape index (κ1) is 13.8. The third kappa shape index (κ3) is 2.71. The number of halogens is 1. The van der Waals surface area contributed by atoms with Crippen molar-refractivity contribution in [2.45, 2.75) is 33.1 Å². The molecule has 2 aromatic rings. The maximum atomic E-state index is 12.0. The SMILES string of the molecule is Cc1nccn(-c2ccc(C(C)(C)C)c(Cl)c2)c1=O. The fourth-order valence-corrected chi connectivity index (χ4v) is 2.43.